The molecule has 1 heterocycles. The van der Waals surface area contributed by atoms with E-state index in [9.17, 15) is 74.2 Å². The number of nitrogens with zero attached hydrogens (tertiary/aromatic N) is 7. The second-order valence-corrected chi connectivity index (χ2v) is 18.3. The first kappa shape index (κ1) is 59.2. The van der Waals surface area contributed by atoms with E-state index in [1.54, 1.807) is 0 Å². The fourth-order valence-electron chi connectivity index (χ4n) is 4.78. The van der Waals surface area contributed by atoms with Crippen molar-refractivity contribution in [3.8, 4) is 5.75 Å². The smallest absolute Gasteiger partial charge is 0.744 e. The third-order valence-electron chi connectivity index (χ3n) is 7.22. The normalized spacial score (nSPS) is 12.3. The molecule has 36 heteroatoms. The summed E-state index contributed by atoms with van der Waals surface area (Å²) >= 11 is 0. The van der Waals surface area contributed by atoms with Gasteiger partial charge in [-0.1, -0.05) is 0 Å². The van der Waals surface area contributed by atoms with Gasteiger partial charge in [-0.25, -0.2) is 42.1 Å². The van der Waals surface area contributed by atoms with Gasteiger partial charge in [-0.05, 0) is 60.0 Å². The van der Waals surface area contributed by atoms with Crippen LogP contribution in [0.15, 0.2) is 94.6 Å². The van der Waals surface area contributed by atoms with Crippen molar-refractivity contribution in [2.24, 2.45) is 20.5 Å². The Labute approximate surface area is 443 Å². The Kier molecular flexibility index (Phi) is 21.4. The van der Waals surface area contributed by atoms with Crippen LogP contribution in [0, 0.1) is 12.2 Å². The number of aromatic hydroxyl groups is 1. The Hall–Kier alpha value is -1.84. The summed E-state index contributed by atoms with van der Waals surface area (Å²) in [6.45, 7) is -1.01. The number of hydrogen-bond donors (Lipinski definition) is 3. The van der Waals surface area contributed by atoms with Crippen LogP contribution in [0.2, 0.25) is 0 Å². The van der Waals surface area contributed by atoms with Crippen molar-refractivity contribution in [3.63, 3.8) is 0 Å². The molecule has 0 unspecified atom stereocenters. The molecule has 0 atom stereocenters. The zero-order valence-electron chi connectivity index (χ0n) is 32.2. The van der Waals surface area contributed by atoms with Crippen molar-refractivity contribution in [2.45, 2.75) is 19.6 Å². The van der Waals surface area contributed by atoms with E-state index in [4.69, 9.17) is 5.73 Å². The van der Waals surface area contributed by atoms with E-state index in [0.717, 1.165) is 30.3 Å². The Morgan fingerprint density at radius 3 is 1.68 bits per heavy atom. The number of azo groups is 2. The number of nitrogen functional groups attached to an aromatic ring is 1. The first-order chi connectivity index (χ1) is 27.1. The second kappa shape index (κ2) is 22.8. The minimum Gasteiger partial charge on any atom is -0.744 e. The SMILES string of the molecule is Nc1c(N=Nc2ccc(S(=O)(=O)CCOS(=O)(=O)[O-])cc2)c(S(=O)(=O)[O-])cc2cc(S(=O)(=O)[O-])c(N=Nc3cc(Nc4nc(F)nc(F)n4)ccc3S(=O)(=O)[O-])c(O)c12.[Na+].[Na+].[Na+].[Na+]. The van der Waals surface area contributed by atoms with Gasteiger partial charge in [0.15, 0.2) is 15.6 Å². The number of nitrogens with one attached hydrogen (secondary N) is 1. The molecular weight excluding hydrogens is 997 g/mol. The number of sulfone groups is 1. The van der Waals surface area contributed by atoms with Crippen molar-refractivity contribution in [1.29, 1.82) is 0 Å². The zero-order chi connectivity index (χ0) is 43.9. The molecule has 0 saturated carbocycles. The van der Waals surface area contributed by atoms with Gasteiger partial charge in [-0.15, -0.1) is 15.3 Å². The molecule has 0 bridgehead atoms. The molecule has 0 fully saturated rings. The van der Waals surface area contributed by atoms with Crippen LogP contribution in [-0.2, 0) is 54.8 Å². The molecule has 0 amide bonds. The number of rotatable bonds is 14. The topological polar surface area (TPSA) is 419 Å². The monoisotopic (exact) mass is 1010 g/mol. The molecule has 5 rings (SSSR count). The number of halogens is 2. The second-order valence-electron chi connectivity index (χ2n) is 11.1. The van der Waals surface area contributed by atoms with Crippen molar-refractivity contribution >= 4 is 101 Å². The minimum absolute atomic E-state index is 0. The molecule has 0 saturated heterocycles. The largest absolute Gasteiger partial charge is 1.00 e. The molecule has 314 valence electrons. The van der Waals surface area contributed by atoms with Gasteiger partial charge < -0.3 is 34.4 Å². The quantitative estimate of drug-likeness (QED) is 0.0306. The number of phenolic OH excluding ortho intramolecular Hbond substituents is 1. The maximum Gasteiger partial charge on any atom is 1.00 e. The molecule has 0 radical (unpaired) electrons. The Morgan fingerprint density at radius 1 is 0.667 bits per heavy atom. The first-order valence-corrected chi connectivity index (χ1v) is 22.1. The number of anilines is 3. The first-order valence-electron chi connectivity index (χ1n) is 14.9. The van der Waals surface area contributed by atoms with Crippen molar-refractivity contribution in [2.75, 3.05) is 23.4 Å². The average molecular weight is 1010 g/mol. The molecule has 63 heavy (non-hydrogen) atoms. The van der Waals surface area contributed by atoms with E-state index >= 15 is 0 Å². The summed E-state index contributed by atoms with van der Waals surface area (Å²) in [5, 5.41) is 26.3. The minimum atomic E-state index is -5.74. The number of hydrogen-bond acceptors (Lipinski definition) is 25. The molecule has 25 nitrogen and oxygen atoms in total. The molecule has 0 aliphatic heterocycles. The standard InChI is InChI=1S/C27H21F2N9O16S5.4Na/c28-25-32-26(29)34-27(33-25)31-14-3-6-17(56(42,43)44)16(11-14)36-38-23-19(58(48,49)50)10-12-9-18(57(45,46)47)22(21(30)20(12)24(23)39)37-35-13-1-4-15(5-2-13)55(40,41)8-7-54-59(51,52)53;;;;/h1-6,9-11,39H,7-8,30H2,(H,42,43,44)(H,45,46,47)(H,48,49,50)(H,51,52,53)(H,31,32,33,34);;;;/q;4*+1/p-4. The fraction of sp³-hybridized carbons (Fsp3) is 0.0741. The predicted molar refractivity (Wildman–Crippen MR) is 186 cm³/mol. The third kappa shape index (κ3) is 15.3. The van der Waals surface area contributed by atoms with Crippen LogP contribution in [0.1, 0.15) is 0 Å². The summed E-state index contributed by atoms with van der Waals surface area (Å²) in [6.07, 6.45) is -3.15. The Morgan fingerprint density at radius 2 is 1.17 bits per heavy atom. The summed E-state index contributed by atoms with van der Waals surface area (Å²) in [6, 6.07) is 6.90. The van der Waals surface area contributed by atoms with E-state index in [2.05, 4.69) is 44.9 Å². The van der Waals surface area contributed by atoms with Crippen LogP contribution in [0.25, 0.3) is 10.8 Å². The Bertz CT molecular complexity index is 3180. The number of nitrogens with two attached hydrogens (primary N) is 1. The molecule has 0 spiro atoms. The zero-order valence-corrected chi connectivity index (χ0v) is 44.3. The Balaban J connectivity index is 0.00000496. The van der Waals surface area contributed by atoms with Gasteiger partial charge in [-0.3, -0.25) is 4.18 Å². The van der Waals surface area contributed by atoms with Crippen molar-refractivity contribution in [1.82, 2.24) is 15.0 Å². The molecule has 5 aromatic rings. The molecule has 1 aromatic heterocycles. The van der Waals surface area contributed by atoms with Gasteiger partial charge in [0.2, 0.25) is 16.3 Å². The van der Waals surface area contributed by atoms with Gasteiger partial charge in [0, 0.05) is 5.69 Å². The number of aromatic nitrogens is 3. The van der Waals surface area contributed by atoms with Crippen molar-refractivity contribution < 1.29 is 197 Å². The number of phenols is 1. The number of fused-ring (bicyclic) bond motifs is 1. The van der Waals surface area contributed by atoms with E-state index < -0.39 is 140 Å². The molecule has 0 aliphatic rings. The van der Waals surface area contributed by atoms with Crippen LogP contribution in [-0.4, -0.2) is 92.7 Å². The molecule has 4 N–H and O–H groups in total. The van der Waals surface area contributed by atoms with Crippen molar-refractivity contribution in [3.05, 3.63) is 66.8 Å². The molecule has 0 aliphatic carbocycles. The number of benzene rings is 4. The maximum absolute atomic E-state index is 13.5. The predicted octanol–water partition coefficient (Wildman–Crippen LogP) is -9.86. The van der Waals surface area contributed by atoms with Gasteiger partial charge in [0.25, 0.3) is 0 Å². The van der Waals surface area contributed by atoms with Gasteiger partial charge >= 0.3 is 130 Å². The van der Waals surface area contributed by atoms with Crippen LogP contribution >= 0.6 is 0 Å². The fourth-order valence-corrected chi connectivity index (χ4v) is 8.16. The van der Waals surface area contributed by atoms with E-state index in [1.807, 2.05) is 0 Å². The average Bonchev–Trinajstić information content (AvgIpc) is 3.08. The van der Waals surface area contributed by atoms with Gasteiger partial charge in [-0.2, -0.15) is 28.8 Å². The summed E-state index contributed by atoms with van der Waals surface area (Å²) < 4.78 is 197. The van der Waals surface area contributed by atoms with Gasteiger partial charge in [0.05, 0.1) is 48.7 Å². The molecule has 4 aromatic carbocycles. The summed E-state index contributed by atoms with van der Waals surface area (Å²) in [5.41, 5.74) is 1.39. The van der Waals surface area contributed by atoms with Crippen LogP contribution in [0.5, 0.6) is 5.75 Å². The van der Waals surface area contributed by atoms with Gasteiger partial charge in [0.1, 0.15) is 47.4 Å². The van der Waals surface area contributed by atoms with E-state index in [0.29, 0.717) is 24.3 Å². The van der Waals surface area contributed by atoms with E-state index in [-0.39, 0.29) is 130 Å². The summed E-state index contributed by atoms with van der Waals surface area (Å²) in [7, 11) is -26.2. The third-order valence-corrected chi connectivity index (χ3v) is 12.0. The van der Waals surface area contributed by atoms with E-state index in [1.165, 1.54) is 0 Å². The maximum atomic E-state index is 13.5. The van der Waals surface area contributed by atoms with Crippen LogP contribution in [0.4, 0.5) is 48.9 Å². The summed E-state index contributed by atoms with van der Waals surface area (Å²) in [5.74, 6) is -3.08. The van der Waals surface area contributed by atoms with Crippen LogP contribution in [0.3, 0.4) is 0 Å². The molecular formula is C27H17F2N9Na4O16S5. The summed E-state index contributed by atoms with van der Waals surface area (Å²) in [4.78, 5) is 4.68. The van der Waals surface area contributed by atoms with Crippen LogP contribution < -0.4 is 129 Å².